The molecule has 5 atom stereocenters. The van der Waals surface area contributed by atoms with Crippen LogP contribution in [0.3, 0.4) is 0 Å². The number of rotatable bonds is 15. The quantitative estimate of drug-likeness (QED) is 0.209. The van der Waals surface area contributed by atoms with Crippen LogP contribution in [0.4, 0.5) is 0 Å². The Morgan fingerprint density at radius 1 is 1.23 bits per heavy atom. The average Bonchev–Trinajstić information content (AvgIpc) is 3.41. The largest absolute Gasteiger partial charge is 0.476 e. The summed E-state index contributed by atoms with van der Waals surface area (Å²) in [7, 11) is 1.91. The number of aromatic carboxylic acids is 1. The van der Waals surface area contributed by atoms with Gasteiger partial charge >= 0.3 is 11.9 Å². The molecule has 0 radical (unpaired) electrons. The number of carboxylic acid groups (broad SMARTS) is 1. The van der Waals surface area contributed by atoms with Crippen LogP contribution < -0.4 is 5.32 Å². The second-order valence-electron chi connectivity index (χ2n) is 11.0. The summed E-state index contributed by atoms with van der Waals surface area (Å²) < 4.78 is 5.73. The minimum absolute atomic E-state index is 0.110. The zero-order valence-corrected chi connectivity index (χ0v) is 25.4. The van der Waals surface area contributed by atoms with Gasteiger partial charge in [-0.15, -0.1) is 11.3 Å². The average molecular weight is 583 g/mol. The van der Waals surface area contributed by atoms with E-state index in [1.807, 2.05) is 46.6 Å². The zero-order chi connectivity index (χ0) is 30.0. The number of carboxylic acids is 1. The number of carbonyl (C=O) groups excluding carboxylic acids is 3. The number of aliphatic hydroxyl groups excluding tert-OH is 1. The molecule has 12 heteroatoms. The van der Waals surface area contributed by atoms with Crippen LogP contribution in [-0.2, 0) is 19.1 Å². The molecule has 1 saturated heterocycles. The number of hydrogen-bond acceptors (Lipinski definition) is 9. The van der Waals surface area contributed by atoms with Crippen LogP contribution in [0.15, 0.2) is 5.38 Å². The fraction of sp³-hybridized carbons (Fsp3) is 0.750. The standard InChI is InChI=1S/C28H46N4O7S/c1-7-11-23(34)39-22(26-29-19(15-40-26)28(37)38)14-21(17(3)4)32(16-33)27(36)24(18(5)8-2)30-25(35)20-12-9-10-13-31(20)6/h15,17-18,20-22,24,33H,7-14,16H2,1-6H3,(H,30,35)(H,37,38)/t18-,20+,21+,22+,24-/m0/s1. The highest BCUT2D eigenvalue weighted by Crippen LogP contribution is 2.31. The molecule has 0 aliphatic carbocycles. The van der Waals surface area contributed by atoms with Crippen molar-refractivity contribution in [3.63, 3.8) is 0 Å². The highest BCUT2D eigenvalue weighted by Gasteiger charge is 2.38. The third-order valence-electron chi connectivity index (χ3n) is 7.66. The number of likely N-dealkylation sites (tertiary alicyclic amines) is 1. The maximum absolute atomic E-state index is 14.0. The molecule has 2 rings (SSSR count). The summed E-state index contributed by atoms with van der Waals surface area (Å²) in [5, 5.41) is 24.5. The Hall–Kier alpha value is -2.57. The van der Waals surface area contributed by atoms with E-state index in [1.54, 1.807) is 0 Å². The lowest BCUT2D eigenvalue weighted by Gasteiger charge is -2.39. The smallest absolute Gasteiger partial charge is 0.355 e. The van der Waals surface area contributed by atoms with E-state index in [9.17, 15) is 29.4 Å². The summed E-state index contributed by atoms with van der Waals surface area (Å²) in [5.74, 6) is -2.61. The predicted octanol–water partition coefficient (Wildman–Crippen LogP) is 3.43. The molecule has 0 saturated carbocycles. The molecule has 1 aliphatic rings. The summed E-state index contributed by atoms with van der Waals surface area (Å²) in [6.45, 7) is 9.69. The van der Waals surface area contributed by atoms with Crippen molar-refractivity contribution in [3.8, 4) is 0 Å². The van der Waals surface area contributed by atoms with Crippen LogP contribution in [0.2, 0.25) is 0 Å². The van der Waals surface area contributed by atoms with Crippen molar-refractivity contribution in [2.24, 2.45) is 11.8 Å². The molecule has 226 valence electrons. The van der Waals surface area contributed by atoms with Gasteiger partial charge in [0.2, 0.25) is 11.8 Å². The molecule has 0 spiro atoms. The summed E-state index contributed by atoms with van der Waals surface area (Å²) >= 11 is 1.07. The van der Waals surface area contributed by atoms with Gasteiger partial charge in [-0.05, 0) is 44.7 Å². The van der Waals surface area contributed by atoms with E-state index in [0.717, 1.165) is 37.1 Å². The molecule has 0 bridgehead atoms. The molecular formula is C28H46N4O7S. The van der Waals surface area contributed by atoms with Gasteiger partial charge in [-0.3, -0.25) is 19.3 Å². The minimum Gasteiger partial charge on any atom is -0.476 e. The fourth-order valence-corrected chi connectivity index (χ4v) is 5.82. The Bertz CT molecular complexity index is 1000. The van der Waals surface area contributed by atoms with Gasteiger partial charge in [0.15, 0.2) is 11.8 Å². The van der Waals surface area contributed by atoms with E-state index >= 15 is 0 Å². The first-order valence-electron chi connectivity index (χ1n) is 14.2. The van der Waals surface area contributed by atoms with E-state index < -0.39 is 42.8 Å². The number of esters is 1. The molecular weight excluding hydrogens is 536 g/mol. The van der Waals surface area contributed by atoms with Crippen molar-refractivity contribution in [2.75, 3.05) is 20.3 Å². The molecule has 1 aliphatic heterocycles. The number of nitrogens with one attached hydrogen (secondary N) is 1. The number of aliphatic hydroxyl groups is 1. The van der Waals surface area contributed by atoms with E-state index in [-0.39, 0.29) is 42.3 Å². The predicted molar refractivity (Wildman–Crippen MR) is 152 cm³/mol. The van der Waals surface area contributed by atoms with Crippen molar-refractivity contribution in [3.05, 3.63) is 16.1 Å². The Morgan fingerprint density at radius 2 is 1.93 bits per heavy atom. The summed E-state index contributed by atoms with van der Waals surface area (Å²) in [5.41, 5.74) is -0.153. The van der Waals surface area contributed by atoms with Crippen LogP contribution in [0, 0.1) is 11.8 Å². The molecule has 0 unspecified atom stereocenters. The molecule has 1 fully saturated rings. The van der Waals surface area contributed by atoms with Gasteiger partial charge < -0.3 is 25.2 Å². The van der Waals surface area contributed by atoms with E-state index in [1.165, 1.54) is 10.3 Å². The zero-order valence-electron chi connectivity index (χ0n) is 24.6. The Balaban J connectivity index is 2.36. The SMILES string of the molecule is CCCC(=O)O[C@H](C[C@H](C(C)C)N(CO)C(=O)[C@@H](NC(=O)[C@H]1CCCCN1C)[C@@H](C)CC)c1nc(C(=O)O)cs1. The van der Waals surface area contributed by atoms with Crippen LogP contribution in [0.5, 0.6) is 0 Å². The van der Waals surface area contributed by atoms with Crippen LogP contribution in [-0.4, -0.2) is 87.2 Å². The van der Waals surface area contributed by atoms with Gasteiger partial charge in [-0.1, -0.05) is 47.5 Å². The topological polar surface area (TPSA) is 149 Å². The number of thiazole rings is 1. The molecule has 11 nitrogen and oxygen atoms in total. The van der Waals surface area contributed by atoms with Crippen LogP contribution in [0.1, 0.15) is 101 Å². The number of aromatic nitrogens is 1. The summed E-state index contributed by atoms with van der Waals surface area (Å²) in [4.78, 5) is 58.7. The fourth-order valence-electron chi connectivity index (χ4n) is 4.99. The molecule has 1 aromatic rings. The van der Waals surface area contributed by atoms with E-state index in [0.29, 0.717) is 17.8 Å². The number of carbonyl (C=O) groups is 4. The number of likely N-dealkylation sites (N-methyl/N-ethyl adjacent to an activating group) is 1. The molecule has 40 heavy (non-hydrogen) atoms. The third-order valence-corrected chi connectivity index (χ3v) is 8.59. The second-order valence-corrected chi connectivity index (χ2v) is 11.9. The Kier molecular flexibility index (Phi) is 13.5. The first-order chi connectivity index (χ1) is 18.9. The van der Waals surface area contributed by atoms with Gasteiger partial charge in [0.25, 0.3) is 0 Å². The molecule has 0 aromatic carbocycles. The molecule has 2 heterocycles. The Morgan fingerprint density at radius 3 is 2.45 bits per heavy atom. The van der Waals surface area contributed by atoms with Crippen LogP contribution >= 0.6 is 11.3 Å². The Labute approximate surface area is 241 Å². The van der Waals surface area contributed by atoms with Gasteiger partial charge in [0.1, 0.15) is 17.8 Å². The monoisotopic (exact) mass is 582 g/mol. The molecule has 3 N–H and O–H groups in total. The summed E-state index contributed by atoms with van der Waals surface area (Å²) in [6, 6.07) is -1.75. The number of amides is 2. The lowest BCUT2D eigenvalue weighted by Crippen LogP contribution is -2.59. The molecule has 1 aromatic heterocycles. The normalized spacial score (nSPS) is 18.9. The highest BCUT2D eigenvalue weighted by molar-refractivity contribution is 7.09. The van der Waals surface area contributed by atoms with E-state index in [2.05, 4.69) is 10.3 Å². The second kappa shape index (κ2) is 16.0. The van der Waals surface area contributed by atoms with Crippen molar-refractivity contribution in [2.45, 2.75) is 104 Å². The van der Waals surface area contributed by atoms with Crippen molar-refractivity contribution in [1.29, 1.82) is 0 Å². The van der Waals surface area contributed by atoms with Crippen molar-refractivity contribution < 1.29 is 34.1 Å². The number of ether oxygens (including phenoxy) is 1. The third kappa shape index (κ3) is 8.97. The number of piperidine rings is 1. The maximum Gasteiger partial charge on any atom is 0.355 e. The van der Waals surface area contributed by atoms with Gasteiger partial charge in [-0.25, -0.2) is 9.78 Å². The van der Waals surface area contributed by atoms with Crippen molar-refractivity contribution >= 4 is 35.1 Å². The highest BCUT2D eigenvalue weighted by atomic mass is 32.1. The van der Waals surface area contributed by atoms with Gasteiger partial charge in [0, 0.05) is 24.3 Å². The first-order valence-corrected chi connectivity index (χ1v) is 15.1. The van der Waals surface area contributed by atoms with Gasteiger partial charge in [0.05, 0.1) is 6.04 Å². The van der Waals surface area contributed by atoms with Gasteiger partial charge in [-0.2, -0.15) is 0 Å². The first kappa shape index (κ1) is 33.6. The summed E-state index contributed by atoms with van der Waals surface area (Å²) in [6.07, 6.45) is 3.29. The number of nitrogens with zero attached hydrogens (tertiary/aromatic N) is 3. The lowest BCUT2D eigenvalue weighted by atomic mass is 9.92. The maximum atomic E-state index is 14.0. The minimum atomic E-state index is -1.19. The van der Waals surface area contributed by atoms with Crippen LogP contribution in [0.25, 0.3) is 0 Å². The lowest BCUT2D eigenvalue weighted by molar-refractivity contribution is -0.153. The van der Waals surface area contributed by atoms with Crippen molar-refractivity contribution in [1.82, 2.24) is 20.1 Å². The molecule has 2 amide bonds. The number of hydrogen-bond donors (Lipinski definition) is 3. The van der Waals surface area contributed by atoms with E-state index in [4.69, 9.17) is 4.74 Å².